The highest BCUT2D eigenvalue weighted by Gasteiger charge is 2.31. The van der Waals surface area contributed by atoms with Gasteiger partial charge in [0.25, 0.3) is 5.89 Å². The molecule has 0 fully saturated rings. The van der Waals surface area contributed by atoms with Crippen molar-refractivity contribution in [2.24, 2.45) is 0 Å². The van der Waals surface area contributed by atoms with Crippen molar-refractivity contribution in [3.8, 4) is 17.3 Å². The van der Waals surface area contributed by atoms with Crippen LogP contribution in [-0.2, 0) is 9.84 Å². The summed E-state index contributed by atoms with van der Waals surface area (Å²) in [6.45, 7) is 0. The van der Waals surface area contributed by atoms with Gasteiger partial charge in [-0.25, -0.2) is 13.4 Å². The summed E-state index contributed by atoms with van der Waals surface area (Å²) < 4.78 is 70.1. The third-order valence-electron chi connectivity index (χ3n) is 3.10. The number of hydrogen-bond acceptors (Lipinski definition) is 8. The predicted octanol–water partition coefficient (Wildman–Crippen LogP) is 2.25. The van der Waals surface area contributed by atoms with Crippen molar-refractivity contribution < 1.29 is 30.7 Å². The predicted molar refractivity (Wildman–Crippen MR) is 79.4 cm³/mol. The Hall–Kier alpha value is -3.15. The normalized spacial score (nSPS) is 12.1. The second kappa shape index (κ2) is 6.29. The van der Waals surface area contributed by atoms with Gasteiger partial charge in [0, 0.05) is 6.20 Å². The number of nitrogens with zero attached hydrogens (tertiary/aromatic N) is 3. The third kappa shape index (κ3) is 3.59. The summed E-state index contributed by atoms with van der Waals surface area (Å²) in [5.74, 6) is -0.586. The molecule has 3 aromatic rings. The van der Waals surface area contributed by atoms with E-state index in [0.717, 1.165) is 36.5 Å². The van der Waals surface area contributed by atoms with Crippen molar-refractivity contribution in [3.05, 3.63) is 42.9 Å². The van der Waals surface area contributed by atoms with Crippen LogP contribution >= 0.6 is 0 Å². The number of anilines is 1. The molecular weight excluding hydrogens is 377 g/mol. The van der Waals surface area contributed by atoms with Crippen molar-refractivity contribution in [2.45, 2.75) is 16.2 Å². The maximum atomic E-state index is 12.6. The van der Waals surface area contributed by atoms with Crippen molar-refractivity contribution in [3.63, 3.8) is 0 Å². The molecule has 0 saturated heterocycles. The molecule has 0 unspecified atom stereocenters. The van der Waals surface area contributed by atoms with Gasteiger partial charge in [0.15, 0.2) is 5.69 Å². The van der Waals surface area contributed by atoms with Crippen LogP contribution in [0, 0.1) is 6.39 Å². The number of nitrogen functional groups attached to an aromatic ring is 1. The highest BCUT2D eigenvalue weighted by Crippen LogP contribution is 2.29. The number of ether oxygens (including phenoxy) is 1. The Morgan fingerprint density at radius 1 is 1.15 bits per heavy atom. The SMILES string of the molecule is Nc1cc(S(=O)(=O)c2ccc(OC(F)(F)F)cc2)cnc1-c1nn[c]o1. The Morgan fingerprint density at radius 3 is 2.38 bits per heavy atom. The minimum absolute atomic E-state index is 0.0410. The Morgan fingerprint density at radius 2 is 1.85 bits per heavy atom. The second-order valence-corrected chi connectivity index (χ2v) is 6.78. The van der Waals surface area contributed by atoms with E-state index >= 15 is 0 Å². The number of sulfone groups is 1. The molecular formula is C14H8F3N4O4S. The van der Waals surface area contributed by atoms with Gasteiger partial charge in [-0.1, -0.05) is 0 Å². The van der Waals surface area contributed by atoms with Crippen molar-refractivity contribution >= 4 is 15.5 Å². The lowest BCUT2D eigenvalue weighted by Gasteiger charge is -2.10. The van der Waals surface area contributed by atoms with Crippen molar-refractivity contribution in [2.75, 3.05) is 5.73 Å². The molecule has 0 spiro atoms. The van der Waals surface area contributed by atoms with Crippen LogP contribution in [0.2, 0.25) is 0 Å². The van der Waals surface area contributed by atoms with Gasteiger partial charge in [-0.05, 0) is 30.3 Å². The molecule has 3 rings (SSSR count). The Labute approximate surface area is 144 Å². The lowest BCUT2D eigenvalue weighted by atomic mass is 10.3. The molecule has 12 heteroatoms. The molecule has 0 amide bonds. The Balaban J connectivity index is 1.92. The molecule has 1 radical (unpaired) electrons. The van der Waals surface area contributed by atoms with E-state index in [2.05, 4.69) is 26.3 Å². The van der Waals surface area contributed by atoms with Gasteiger partial charge >= 0.3 is 12.8 Å². The summed E-state index contributed by atoms with van der Waals surface area (Å²) in [4.78, 5) is 3.37. The fourth-order valence-corrected chi connectivity index (χ4v) is 3.23. The summed E-state index contributed by atoms with van der Waals surface area (Å²) in [5, 5.41) is 6.91. The quantitative estimate of drug-likeness (QED) is 0.726. The number of aromatic nitrogens is 3. The maximum Gasteiger partial charge on any atom is 0.573 e. The van der Waals surface area contributed by atoms with Gasteiger partial charge in [-0.2, -0.15) is 0 Å². The number of alkyl halides is 3. The topological polar surface area (TPSA) is 121 Å². The highest BCUT2D eigenvalue weighted by atomic mass is 32.2. The summed E-state index contributed by atoms with van der Waals surface area (Å²) >= 11 is 0. The van der Waals surface area contributed by atoms with Crippen molar-refractivity contribution in [1.29, 1.82) is 0 Å². The fourth-order valence-electron chi connectivity index (χ4n) is 1.99. The van der Waals surface area contributed by atoms with Crippen LogP contribution in [0.3, 0.4) is 0 Å². The van der Waals surface area contributed by atoms with E-state index < -0.39 is 21.9 Å². The van der Waals surface area contributed by atoms with Gasteiger partial charge in [0.1, 0.15) is 5.75 Å². The first kappa shape index (κ1) is 17.7. The molecule has 2 aromatic heterocycles. The number of pyridine rings is 1. The lowest BCUT2D eigenvalue weighted by molar-refractivity contribution is -0.274. The summed E-state index contributed by atoms with van der Waals surface area (Å²) in [5.41, 5.74) is 5.80. The second-order valence-electron chi connectivity index (χ2n) is 4.83. The van der Waals surface area contributed by atoms with Crippen molar-refractivity contribution in [1.82, 2.24) is 15.2 Å². The first-order valence-electron chi connectivity index (χ1n) is 6.73. The molecule has 0 aliphatic carbocycles. The summed E-state index contributed by atoms with van der Waals surface area (Å²) in [6, 6.07) is 4.86. The van der Waals surface area contributed by atoms with Crippen LogP contribution in [0.15, 0.2) is 50.7 Å². The van der Waals surface area contributed by atoms with Crippen LogP contribution in [0.1, 0.15) is 0 Å². The van der Waals surface area contributed by atoms with E-state index in [1.54, 1.807) is 0 Å². The zero-order valence-electron chi connectivity index (χ0n) is 12.6. The molecule has 0 atom stereocenters. The molecule has 0 bridgehead atoms. The third-order valence-corrected chi connectivity index (χ3v) is 4.83. The molecule has 135 valence electrons. The Kier molecular flexibility index (Phi) is 4.28. The number of halogens is 3. The van der Waals surface area contributed by atoms with E-state index in [-0.39, 0.29) is 27.1 Å². The zero-order chi connectivity index (χ0) is 18.9. The van der Waals surface area contributed by atoms with Crippen LogP contribution in [-0.4, -0.2) is 30.0 Å². The van der Waals surface area contributed by atoms with Gasteiger partial charge in [0.2, 0.25) is 9.84 Å². The van der Waals surface area contributed by atoms with Crippen LogP contribution in [0.5, 0.6) is 5.75 Å². The minimum Gasteiger partial charge on any atom is -0.411 e. The number of rotatable bonds is 4. The smallest absolute Gasteiger partial charge is 0.411 e. The summed E-state index contributed by atoms with van der Waals surface area (Å²) in [7, 11) is -4.06. The lowest BCUT2D eigenvalue weighted by Crippen LogP contribution is -2.17. The average molecular weight is 385 g/mol. The molecule has 8 nitrogen and oxygen atoms in total. The molecule has 0 aliphatic heterocycles. The first-order chi connectivity index (χ1) is 12.2. The average Bonchev–Trinajstić information content (AvgIpc) is 3.08. The van der Waals surface area contributed by atoms with E-state index in [1.165, 1.54) is 0 Å². The number of nitrogens with two attached hydrogens (primary N) is 1. The monoisotopic (exact) mass is 385 g/mol. The molecule has 2 N–H and O–H groups in total. The molecule has 26 heavy (non-hydrogen) atoms. The van der Waals surface area contributed by atoms with E-state index in [1.807, 2.05) is 0 Å². The minimum atomic E-state index is -4.87. The molecule has 0 aliphatic rings. The maximum absolute atomic E-state index is 12.6. The van der Waals surface area contributed by atoms with Crippen LogP contribution in [0.4, 0.5) is 18.9 Å². The number of benzene rings is 1. The van der Waals surface area contributed by atoms with Gasteiger partial charge in [0.05, 0.1) is 15.5 Å². The molecule has 2 heterocycles. The first-order valence-corrected chi connectivity index (χ1v) is 8.21. The standard InChI is InChI=1S/C14H8F3N4O4S/c15-14(16,17)25-8-1-3-9(4-2-8)26(22,23)10-5-11(18)12(19-6-10)13-21-20-7-24-13/h1-6H,18H2. The zero-order valence-corrected chi connectivity index (χ0v) is 13.4. The van der Waals surface area contributed by atoms with E-state index in [4.69, 9.17) is 10.2 Å². The van der Waals surface area contributed by atoms with Crippen LogP contribution in [0.25, 0.3) is 11.6 Å². The van der Waals surface area contributed by atoms with E-state index in [9.17, 15) is 21.6 Å². The Bertz CT molecular complexity index is 1020. The van der Waals surface area contributed by atoms with Crippen LogP contribution < -0.4 is 10.5 Å². The number of hydrogen-bond donors (Lipinski definition) is 1. The van der Waals surface area contributed by atoms with Gasteiger partial charge in [-0.15, -0.1) is 23.4 Å². The largest absolute Gasteiger partial charge is 0.573 e. The summed E-state index contributed by atoms with van der Waals surface area (Å²) in [6.07, 6.45) is -1.75. The molecule has 1 aromatic carbocycles. The fraction of sp³-hybridized carbons (Fsp3) is 0.0714. The van der Waals surface area contributed by atoms with E-state index in [0.29, 0.717) is 0 Å². The van der Waals surface area contributed by atoms with Gasteiger partial charge in [-0.3, -0.25) is 0 Å². The molecule has 0 saturated carbocycles. The van der Waals surface area contributed by atoms with Gasteiger partial charge < -0.3 is 14.9 Å². The highest BCUT2D eigenvalue weighted by molar-refractivity contribution is 7.91.